The number of benzene rings is 1. The van der Waals surface area contributed by atoms with Gasteiger partial charge in [-0.2, -0.15) is 0 Å². The number of hydrogen-bond acceptors (Lipinski definition) is 4. The molecule has 25 heavy (non-hydrogen) atoms. The van der Waals surface area contributed by atoms with Crippen molar-refractivity contribution in [3.05, 3.63) is 53.2 Å². The number of hydrogen-bond donors (Lipinski definition) is 3. The van der Waals surface area contributed by atoms with Gasteiger partial charge in [-0.15, -0.1) is 11.3 Å². The summed E-state index contributed by atoms with van der Waals surface area (Å²) in [7, 11) is -3.47. The zero-order chi connectivity index (χ0) is 18.1. The SMILES string of the molecule is CCNC(=NCc1ccccc1F)NCCNS(=O)(=O)c1cccs1. The maximum atomic E-state index is 13.6. The van der Waals surface area contributed by atoms with Gasteiger partial charge < -0.3 is 10.6 Å². The van der Waals surface area contributed by atoms with Crippen molar-refractivity contribution < 1.29 is 12.8 Å². The third-order valence-electron chi connectivity index (χ3n) is 3.18. The van der Waals surface area contributed by atoms with E-state index in [-0.39, 0.29) is 23.1 Å². The molecule has 0 amide bonds. The van der Waals surface area contributed by atoms with Crippen molar-refractivity contribution in [3.8, 4) is 0 Å². The Balaban J connectivity index is 1.85. The number of thiophene rings is 1. The minimum atomic E-state index is -3.47. The molecule has 0 unspecified atom stereocenters. The molecule has 1 aromatic heterocycles. The summed E-state index contributed by atoms with van der Waals surface area (Å²) in [5.41, 5.74) is 0.498. The summed E-state index contributed by atoms with van der Waals surface area (Å²) in [5, 5.41) is 7.77. The predicted molar refractivity (Wildman–Crippen MR) is 98.7 cm³/mol. The third-order valence-corrected chi connectivity index (χ3v) is 6.04. The van der Waals surface area contributed by atoms with Crippen LogP contribution >= 0.6 is 11.3 Å². The summed E-state index contributed by atoms with van der Waals surface area (Å²) in [6, 6.07) is 9.71. The van der Waals surface area contributed by atoms with Crippen molar-refractivity contribution in [1.82, 2.24) is 15.4 Å². The Morgan fingerprint density at radius 1 is 1.16 bits per heavy atom. The van der Waals surface area contributed by atoms with E-state index in [1.807, 2.05) is 6.92 Å². The molecule has 0 spiro atoms. The highest BCUT2D eigenvalue weighted by Crippen LogP contribution is 2.14. The van der Waals surface area contributed by atoms with Crippen LogP contribution in [0.4, 0.5) is 4.39 Å². The van der Waals surface area contributed by atoms with Crippen molar-refractivity contribution in [2.75, 3.05) is 19.6 Å². The van der Waals surface area contributed by atoms with Crippen LogP contribution in [0.1, 0.15) is 12.5 Å². The lowest BCUT2D eigenvalue weighted by Crippen LogP contribution is -2.41. The molecule has 3 N–H and O–H groups in total. The molecule has 0 radical (unpaired) electrons. The van der Waals surface area contributed by atoms with Crippen LogP contribution in [0.15, 0.2) is 51.0 Å². The van der Waals surface area contributed by atoms with Crippen molar-refractivity contribution in [1.29, 1.82) is 0 Å². The van der Waals surface area contributed by atoms with Gasteiger partial charge in [-0.1, -0.05) is 24.3 Å². The van der Waals surface area contributed by atoms with Gasteiger partial charge in [0, 0.05) is 25.2 Å². The van der Waals surface area contributed by atoms with Crippen LogP contribution in [-0.4, -0.2) is 34.0 Å². The fourth-order valence-corrected chi connectivity index (χ4v) is 4.06. The first-order chi connectivity index (χ1) is 12.0. The molecule has 136 valence electrons. The van der Waals surface area contributed by atoms with E-state index in [1.165, 1.54) is 17.4 Å². The summed E-state index contributed by atoms with van der Waals surface area (Å²) in [4.78, 5) is 4.31. The largest absolute Gasteiger partial charge is 0.357 e. The van der Waals surface area contributed by atoms with E-state index in [0.717, 1.165) is 0 Å². The quantitative estimate of drug-likeness (QED) is 0.369. The van der Waals surface area contributed by atoms with Gasteiger partial charge in [-0.05, 0) is 24.4 Å². The lowest BCUT2D eigenvalue weighted by atomic mass is 10.2. The van der Waals surface area contributed by atoms with Gasteiger partial charge in [0.1, 0.15) is 10.0 Å². The molecule has 0 bridgehead atoms. The number of aliphatic imine (C=N–C) groups is 1. The van der Waals surface area contributed by atoms with Gasteiger partial charge >= 0.3 is 0 Å². The number of sulfonamides is 1. The van der Waals surface area contributed by atoms with Gasteiger partial charge in [0.05, 0.1) is 6.54 Å². The zero-order valence-corrected chi connectivity index (χ0v) is 15.5. The Kier molecular flexibility index (Phi) is 7.35. The van der Waals surface area contributed by atoms with Crippen LogP contribution in [0.3, 0.4) is 0 Å². The highest BCUT2D eigenvalue weighted by atomic mass is 32.2. The maximum absolute atomic E-state index is 13.6. The number of halogens is 1. The van der Waals surface area contributed by atoms with Gasteiger partial charge in [-0.3, -0.25) is 0 Å². The zero-order valence-electron chi connectivity index (χ0n) is 13.8. The molecule has 1 heterocycles. The Labute approximate surface area is 151 Å². The summed E-state index contributed by atoms with van der Waals surface area (Å²) in [5.74, 6) is 0.201. The summed E-state index contributed by atoms with van der Waals surface area (Å²) >= 11 is 1.17. The van der Waals surface area contributed by atoms with Crippen molar-refractivity contribution in [2.45, 2.75) is 17.7 Å². The fourth-order valence-electron chi connectivity index (χ4n) is 1.99. The van der Waals surface area contributed by atoms with E-state index in [2.05, 4.69) is 20.3 Å². The second-order valence-corrected chi connectivity index (χ2v) is 7.98. The van der Waals surface area contributed by atoms with Crippen LogP contribution in [0.25, 0.3) is 0 Å². The molecule has 1 aromatic carbocycles. The maximum Gasteiger partial charge on any atom is 0.250 e. The Morgan fingerprint density at radius 3 is 2.64 bits per heavy atom. The van der Waals surface area contributed by atoms with Crippen molar-refractivity contribution in [3.63, 3.8) is 0 Å². The minimum absolute atomic E-state index is 0.197. The third kappa shape index (κ3) is 6.11. The van der Waals surface area contributed by atoms with Gasteiger partial charge in [0.2, 0.25) is 10.0 Å². The van der Waals surface area contributed by atoms with E-state index in [0.29, 0.717) is 24.6 Å². The second kappa shape index (κ2) is 9.50. The van der Waals surface area contributed by atoms with Gasteiger partial charge in [0.25, 0.3) is 0 Å². The van der Waals surface area contributed by atoms with Crippen LogP contribution in [0.2, 0.25) is 0 Å². The van der Waals surface area contributed by atoms with Crippen LogP contribution in [0.5, 0.6) is 0 Å². The molecule has 0 aliphatic carbocycles. The first kappa shape index (κ1) is 19.4. The first-order valence-corrected chi connectivity index (χ1v) is 10.2. The second-order valence-electron chi connectivity index (χ2n) is 5.04. The normalized spacial score (nSPS) is 12.2. The Morgan fingerprint density at radius 2 is 1.96 bits per heavy atom. The van der Waals surface area contributed by atoms with Crippen LogP contribution < -0.4 is 15.4 Å². The van der Waals surface area contributed by atoms with E-state index < -0.39 is 10.0 Å². The van der Waals surface area contributed by atoms with E-state index in [1.54, 1.807) is 35.7 Å². The summed E-state index contributed by atoms with van der Waals surface area (Å²) in [6.07, 6.45) is 0. The van der Waals surface area contributed by atoms with Gasteiger partial charge in [0.15, 0.2) is 5.96 Å². The predicted octanol–water partition coefficient (Wildman–Crippen LogP) is 1.92. The standard InChI is InChI=1S/C16H21FN4O2S2/c1-2-18-16(20-12-13-6-3-4-7-14(13)17)19-9-10-21-25(22,23)15-8-5-11-24-15/h3-8,11,21H,2,9-10,12H2,1H3,(H2,18,19,20). The van der Waals surface area contributed by atoms with Crippen LogP contribution in [-0.2, 0) is 16.6 Å². The van der Waals surface area contributed by atoms with Crippen LogP contribution in [0, 0.1) is 5.82 Å². The van der Waals surface area contributed by atoms with Crippen molar-refractivity contribution in [2.24, 2.45) is 4.99 Å². The van der Waals surface area contributed by atoms with E-state index in [9.17, 15) is 12.8 Å². The van der Waals surface area contributed by atoms with E-state index >= 15 is 0 Å². The van der Waals surface area contributed by atoms with Crippen molar-refractivity contribution >= 4 is 27.3 Å². The molecule has 0 saturated carbocycles. The molecule has 2 aromatic rings. The molecule has 2 rings (SSSR count). The minimum Gasteiger partial charge on any atom is -0.357 e. The van der Waals surface area contributed by atoms with Gasteiger partial charge in [-0.25, -0.2) is 22.5 Å². The summed E-state index contributed by atoms with van der Waals surface area (Å²) in [6.45, 7) is 3.32. The highest BCUT2D eigenvalue weighted by Gasteiger charge is 2.13. The number of nitrogens with zero attached hydrogens (tertiary/aromatic N) is 1. The molecule has 9 heteroatoms. The number of guanidine groups is 1. The molecule has 0 atom stereocenters. The monoisotopic (exact) mass is 384 g/mol. The average molecular weight is 385 g/mol. The average Bonchev–Trinajstić information content (AvgIpc) is 3.13. The number of nitrogens with one attached hydrogen (secondary N) is 3. The Hall–Kier alpha value is -1.97. The molecule has 0 aliphatic rings. The molecule has 0 saturated heterocycles. The summed E-state index contributed by atoms with van der Waals surface area (Å²) < 4.78 is 40.4. The topological polar surface area (TPSA) is 82.6 Å². The first-order valence-electron chi connectivity index (χ1n) is 7.81. The lowest BCUT2D eigenvalue weighted by molar-refractivity contribution is 0.582. The molecule has 0 aliphatic heterocycles. The van der Waals surface area contributed by atoms with E-state index in [4.69, 9.17) is 0 Å². The Bertz CT molecular complexity index is 792. The fraction of sp³-hybridized carbons (Fsp3) is 0.312. The highest BCUT2D eigenvalue weighted by molar-refractivity contribution is 7.91. The smallest absolute Gasteiger partial charge is 0.250 e. The molecular formula is C16H21FN4O2S2. The molecule has 0 fully saturated rings. The number of rotatable bonds is 8. The molecule has 6 nitrogen and oxygen atoms in total. The lowest BCUT2D eigenvalue weighted by Gasteiger charge is -2.12. The molecular weight excluding hydrogens is 363 g/mol.